The van der Waals surface area contributed by atoms with Crippen molar-refractivity contribution in [2.75, 3.05) is 46.5 Å². The summed E-state index contributed by atoms with van der Waals surface area (Å²) >= 11 is 0. The van der Waals surface area contributed by atoms with Crippen molar-refractivity contribution in [2.45, 2.75) is 26.2 Å². The third kappa shape index (κ3) is 5.97. The summed E-state index contributed by atoms with van der Waals surface area (Å²) in [6.45, 7) is 14.2. The lowest BCUT2D eigenvalue weighted by Crippen LogP contribution is -2.47. The van der Waals surface area contributed by atoms with Crippen LogP contribution in [0.15, 0.2) is 29.4 Å². The summed E-state index contributed by atoms with van der Waals surface area (Å²) < 4.78 is 11.3. The van der Waals surface area contributed by atoms with E-state index in [0.717, 1.165) is 11.3 Å². The number of carbonyl (C=O) groups excluding carboxylic acids is 1. The van der Waals surface area contributed by atoms with Gasteiger partial charge in [-0.15, -0.1) is 0 Å². The molecule has 1 amide bonds. The molecule has 1 heterocycles. The maximum Gasteiger partial charge on any atom is 0.307 e. The van der Waals surface area contributed by atoms with E-state index in [-0.39, 0.29) is 17.9 Å². The lowest BCUT2D eigenvalue weighted by molar-refractivity contribution is -0.130. The van der Waals surface area contributed by atoms with Crippen LogP contribution in [0.4, 0.5) is 0 Å². The Kier molecular flexibility index (Phi) is 7.19. The topological polar surface area (TPSA) is 58.7 Å². The van der Waals surface area contributed by atoms with Gasteiger partial charge in [-0.1, -0.05) is 39.0 Å². The van der Waals surface area contributed by atoms with Gasteiger partial charge in [-0.05, 0) is 17.0 Å². The van der Waals surface area contributed by atoms with Crippen LogP contribution in [0.2, 0.25) is 0 Å². The van der Waals surface area contributed by atoms with Crippen LogP contribution in [0.1, 0.15) is 26.3 Å². The van der Waals surface area contributed by atoms with Gasteiger partial charge >= 0.3 is 6.57 Å². The van der Waals surface area contributed by atoms with Crippen LogP contribution in [0.3, 0.4) is 0 Å². The zero-order valence-electron chi connectivity index (χ0n) is 16.6. The van der Waals surface area contributed by atoms with Crippen molar-refractivity contribution in [3.8, 4) is 12.3 Å². The van der Waals surface area contributed by atoms with Crippen LogP contribution in [-0.4, -0.2) is 68.0 Å². The highest BCUT2D eigenvalue weighted by Gasteiger charge is 2.24. The van der Waals surface area contributed by atoms with Crippen LogP contribution in [0.25, 0.3) is 4.95 Å². The van der Waals surface area contributed by atoms with Gasteiger partial charge in [0.2, 0.25) is 11.7 Å². The maximum absolute atomic E-state index is 12.5. The number of benzene rings is 1. The largest absolute Gasteiger partial charge is 0.491 e. The molecule has 0 bridgehead atoms. The van der Waals surface area contributed by atoms with Crippen molar-refractivity contribution in [2.24, 2.45) is 5.10 Å². The fourth-order valence-corrected chi connectivity index (χ4v) is 2.80. The van der Waals surface area contributed by atoms with Crippen LogP contribution in [-0.2, 0) is 14.9 Å². The van der Waals surface area contributed by atoms with Crippen molar-refractivity contribution in [1.29, 1.82) is 0 Å². The highest BCUT2D eigenvalue weighted by molar-refractivity contribution is 5.89. The molecule has 1 aliphatic heterocycles. The number of para-hydroxylation sites is 1. The minimum atomic E-state index is -0.0191. The SMILES string of the molecule is C#[N+]N=C1COCCN1CC(=O)N(C)CCOc1ccccc1C(C)(C)C. The minimum absolute atomic E-state index is 0.00156. The number of morpholine rings is 1. The lowest BCUT2D eigenvalue weighted by Gasteiger charge is -2.29. The average Bonchev–Trinajstić information content (AvgIpc) is 2.63. The monoisotopic (exact) mass is 373 g/mol. The third-order valence-electron chi connectivity index (χ3n) is 4.41. The van der Waals surface area contributed by atoms with Gasteiger partial charge < -0.3 is 19.3 Å². The molecule has 1 aromatic carbocycles. The molecule has 146 valence electrons. The second-order valence-corrected chi connectivity index (χ2v) is 7.52. The molecule has 1 saturated heterocycles. The molecular formula is C20H29N4O3+. The van der Waals surface area contributed by atoms with Crippen LogP contribution < -0.4 is 4.74 Å². The van der Waals surface area contributed by atoms with E-state index in [2.05, 4.69) is 36.9 Å². The summed E-state index contributed by atoms with van der Waals surface area (Å²) in [5.41, 5.74) is 1.15. The highest BCUT2D eigenvalue weighted by atomic mass is 16.5. The normalized spacial score (nSPS) is 16.1. The molecule has 0 atom stereocenters. The molecule has 0 aliphatic carbocycles. The number of nitrogens with zero attached hydrogens (tertiary/aromatic N) is 4. The standard InChI is InChI=1S/C20H29N4O3/c1-20(2,3)16-8-6-7-9-17(16)27-13-10-23(5)19(25)14-24-11-12-26-15-18(24)22-21-4/h4,6-9H,10-15H2,1-3,5H3/q+1. The highest BCUT2D eigenvalue weighted by Crippen LogP contribution is 2.30. The van der Waals surface area contributed by atoms with Gasteiger partial charge in [0.25, 0.3) is 0 Å². The first-order valence-electron chi connectivity index (χ1n) is 9.08. The number of hydrogen-bond donors (Lipinski definition) is 0. The van der Waals surface area contributed by atoms with E-state index in [9.17, 15) is 4.79 Å². The molecule has 0 N–H and O–H groups in total. The Balaban J connectivity index is 1.87. The summed E-state index contributed by atoms with van der Waals surface area (Å²) in [6, 6.07) is 8.01. The van der Waals surface area contributed by atoms with Gasteiger partial charge in [-0.25, -0.2) is 0 Å². The van der Waals surface area contributed by atoms with E-state index in [1.807, 2.05) is 23.1 Å². The summed E-state index contributed by atoms with van der Waals surface area (Å²) in [4.78, 5) is 19.3. The zero-order chi connectivity index (χ0) is 19.9. The first-order valence-corrected chi connectivity index (χ1v) is 9.08. The Morgan fingerprint density at radius 1 is 1.41 bits per heavy atom. The molecule has 0 aromatic heterocycles. The number of likely N-dealkylation sites (N-methyl/N-ethyl adjacent to an activating group) is 1. The quantitative estimate of drug-likeness (QED) is 0.719. The number of amides is 1. The molecule has 0 spiro atoms. The molecule has 7 nitrogen and oxygen atoms in total. The Bertz CT molecular complexity index is 719. The Labute approximate surface area is 161 Å². The number of hydrogen-bond acceptors (Lipinski definition) is 4. The van der Waals surface area contributed by atoms with Gasteiger partial charge in [0.05, 0.1) is 19.7 Å². The molecule has 7 heteroatoms. The predicted molar refractivity (Wildman–Crippen MR) is 106 cm³/mol. The molecular weight excluding hydrogens is 344 g/mol. The van der Waals surface area contributed by atoms with E-state index in [1.165, 1.54) is 0 Å². The Morgan fingerprint density at radius 3 is 2.85 bits per heavy atom. The molecule has 1 fully saturated rings. The minimum Gasteiger partial charge on any atom is -0.491 e. The number of rotatable bonds is 6. The summed E-state index contributed by atoms with van der Waals surface area (Å²) in [5, 5.41) is 3.84. The van der Waals surface area contributed by atoms with E-state index in [4.69, 9.17) is 16.0 Å². The molecule has 1 aliphatic rings. The first-order chi connectivity index (χ1) is 12.8. The molecule has 2 rings (SSSR count). The predicted octanol–water partition coefficient (Wildman–Crippen LogP) is 2.43. The van der Waals surface area contributed by atoms with Crippen LogP contribution >= 0.6 is 0 Å². The number of amidine groups is 1. The second kappa shape index (κ2) is 9.38. The zero-order valence-corrected chi connectivity index (χ0v) is 16.6. The van der Waals surface area contributed by atoms with Gasteiger partial charge in [-0.2, -0.15) is 0 Å². The van der Waals surface area contributed by atoms with Crippen molar-refractivity contribution in [3.63, 3.8) is 0 Å². The summed E-state index contributed by atoms with van der Waals surface area (Å²) in [6.07, 6.45) is 0. The smallest absolute Gasteiger partial charge is 0.307 e. The second-order valence-electron chi connectivity index (χ2n) is 7.52. The maximum atomic E-state index is 12.5. The van der Waals surface area contributed by atoms with E-state index in [1.54, 1.807) is 11.9 Å². The lowest BCUT2D eigenvalue weighted by atomic mass is 9.86. The fraction of sp³-hybridized carbons (Fsp3) is 0.550. The van der Waals surface area contributed by atoms with Crippen molar-refractivity contribution in [1.82, 2.24) is 9.80 Å². The fourth-order valence-electron chi connectivity index (χ4n) is 2.80. The van der Waals surface area contributed by atoms with Gasteiger partial charge in [0.1, 0.15) is 23.9 Å². The number of carbonyl (C=O) groups is 1. The molecule has 0 radical (unpaired) electrons. The molecule has 27 heavy (non-hydrogen) atoms. The summed E-state index contributed by atoms with van der Waals surface area (Å²) in [5.74, 6) is 1.41. The van der Waals surface area contributed by atoms with E-state index < -0.39 is 0 Å². The molecule has 0 unspecified atom stereocenters. The van der Waals surface area contributed by atoms with Crippen LogP contribution in [0.5, 0.6) is 5.75 Å². The Hall–Kier alpha value is -2.59. The molecule has 1 aromatic rings. The van der Waals surface area contributed by atoms with E-state index >= 15 is 0 Å². The third-order valence-corrected chi connectivity index (χ3v) is 4.41. The van der Waals surface area contributed by atoms with Crippen LogP contribution in [0, 0.1) is 6.57 Å². The van der Waals surface area contributed by atoms with Crippen molar-refractivity contribution in [3.05, 3.63) is 34.8 Å². The molecule has 0 saturated carbocycles. The van der Waals surface area contributed by atoms with E-state index in [0.29, 0.717) is 38.7 Å². The van der Waals surface area contributed by atoms with Crippen molar-refractivity contribution >= 4 is 11.7 Å². The van der Waals surface area contributed by atoms with Crippen molar-refractivity contribution < 1.29 is 14.3 Å². The van der Waals surface area contributed by atoms with Gasteiger partial charge in [0.15, 0.2) is 5.10 Å². The van der Waals surface area contributed by atoms with Gasteiger partial charge in [-0.3, -0.25) is 4.79 Å². The Morgan fingerprint density at radius 2 is 2.15 bits per heavy atom. The average molecular weight is 373 g/mol. The van der Waals surface area contributed by atoms with Gasteiger partial charge in [0, 0.05) is 13.6 Å². The number of ether oxygens (including phenoxy) is 2. The first kappa shape index (κ1) is 20.7. The summed E-state index contributed by atoms with van der Waals surface area (Å²) in [7, 11) is 1.77.